The third-order valence-electron chi connectivity index (χ3n) is 1.81. The molecule has 0 aromatic rings. The first-order chi connectivity index (χ1) is 5.82. The molecule has 0 bridgehead atoms. The average Bonchev–Trinajstić information content (AvgIpc) is 1.93. The Bertz CT molecular complexity index is 346. The molecule has 0 aromatic carbocycles. The highest BCUT2D eigenvalue weighted by molar-refractivity contribution is 7.91. The molecule has 1 amide bonds. The van der Waals surface area contributed by atoms with Gasteiger partial charge in [0, 0.05) is 6.26 Å². The van der Waals surface area contributed by atoms with Gasteiger partial charge in [-0.1, -0.05) is 0 Å². The van der Waals surface area contributed by atoms with Gasteiger partial charge in [0.2, 0.25) is 5.91 Å². The summed E-state index contributed by atoms with van der Waals surface area (Å²) in [6.07, 6.45) is 0.832. The highest BCUT2D eigenvalue weighted by Crippen LogP contribution is 2.22. The minimum Gasteiger partial charge on any atom is -0.548 e. The number of sulfone groups is 1. The molecule has 13 heavy (non-hydrogen) atoms. The van der Waals surface area contributed by atoms with E-state index in [2.05, 4.69) is 0 Å². The molecule has 1 atom stereocenters. The van der Waals surface area contributed by atoms with Gasteiger partial charge in [0.05, 0.1) is 18.9 Å². The molecular weight excluding hydrogens is 198 g/mol. The fourth-order valence-corrected chi connectivity index (χ4v) is 2.24. The van der Waals surface area contributed by atoms with E-state index in [0.29, 0.717) is 0 Å². The van der Waals surface area contributed by atoms with E-state index in [0.717, 1.165) is 11.2 Å². The molecule has 1 unspecified atom stereocenters. The van der Waals surface area contributed by atoms with Crippen LogP contribution in [-0.2, 0) is 19.4 Å². The van der Waals surface area contributed by atoms with E-state index in [4.69, 9.17) is 0 Å². The molecule has 0 aliphatic carbocycles. The first kappa shape index (κ1) is 9.97. The van der Waals surface area contributed by atoms with Crippen LogP contribution in [0.25, 0.3) is 0 Å². The number of carbonyl (C=O) groups is 2. The average molecular weight is 206 g/mol. The van der Waals surface area contributed by atoms with Crippen LogP contribution in [0.3, 0.4) is 0 Å². The monoisotopic (exact) mass is 206 g/mol. The van der Waals surface area contributed by atoms with Crippen LogP contribution in [0.15, 0.2) is 0 Å². The Hall–Kier alpha value is -1.11. The van der Waals surface area contributed by atoms with Gasteiger partial charge >= 0.3 is 0 Å². The summed E-state index contributed by atoms with van der Waals surface area (Å²) in [7, 11) is -3.38. The van der Waals surface area contributed by atoms with E-state index in [9.17, 15) is 23.1 Å². The molecule has 1 heterocycles. The van der Waals surface area contributed by atoms with E-state index in [1.54, 1.807) is 0 Å². The van der Waals surface area contributed by atoms with Gasteiger partial charge in [-0.2, -0.15) is 0 Å². The Kier molecular flexibility index (Phi) is 2.29. The lowest BCUT2D eigenvalue weighted by Gasteiger charge is -2.38. The molecule has 1 aliphatic rings. The number of hydrogen-bond acceptors (Lipinski definition) is 5. The van der Waals surface area contributed by atoms with Crippen LogP contribution in [0.1, 0.15) is 6.42 Å². The Labute approximate surface area is 75.1 Å². The highest BCUT2D eigenvalue weighted by atomic mass is 32.2. The number of rotatable bonds is 3. The topological polar surface area (TPSA) is 94.6 Å². The Morgan fingerprint density at radius 3 is 2.54 bits per heavy atom. The van der Waals surface area contributed by atoms with Gasteiger partial charge in [-0.05, 0) is 0 Å². The summed E-state index contributed by atoms with van der Waals surface area (Å²) < 4.78 is 21.9. The van der Waals surface area contributed by atoms with Gasteiger partial charge < -0.3 is 14.8 Å². The number of carboxylic acids is 1. The number of amides is 1. The van der Waals surface area contributed by atoms with Gasteiger partial charge in [0.25, 0.3) is 0 Å². The predicted octanol–water partition coefficient (Wildman–Crippen LogP) is -2.66. The van der Waals surface area contributed by atoms with Gasteiger partial charge in [-0.25, -0.2) is 8.42 Å². The van der Waals surface area contributed by atoms with Crippen molar-refractivity contribution in [3.63, 3.8) is 0 Å². The third-order valence-corrected chi connectivity index (χ3v) is 3.22. The fraction of sp³-hybridized carbons (Fsp3) is 0.667. The first-order valence-electron chi connectivity index (χ1n) is 3.50. The minimum atomic E-state index is -3.38. The normalized spacial score (nSPS) is 22.7. The van der Waals surface area contributed by atoms with Gasteiger partial charge in [-0.15, -0.1) is 0 Å². The molecule has 6 nitrogen and oxygen atoms in total. The molecule has 0 radical (unpaired) electrons. The molecule has 0 aromatic heterocycles. The largest absolute Gasteiger partial charge is 0.548 e. The second-order valence-electron chi connectivity index (χ2n) is 2.88. The fourth-order valence-electron chi connectivity index (χ4n) is 1.14. The lowest BCUT2D eigenvalue weighted by atomic mass is 10.2. The lowest BCUT2D eigenvalue weighted by molar-refractivity contribution is -0.306. The molecule has 1 aliphatic heterocycles. The summed E-state index contributed by atoms with van der Waals surface area (Å²) in [4.78, 5) is 21.7. The predicted molar refractivity (Wildman–Crippen MR) is 40.0 cm³/mol. The summed E-state index contributed by atoms with van der Waals surface area (Å²) in [6, 6.07) is 0. The maximum Gasteiger partial charge on any atom is 0.227 e. The van der Waals surface area contributed by atoms with Crippen LogP contribution in [-0.4, -0.2) is 43.4 Å². The number of nitrogens with zero attached hydrogens (tertiary/aromatic N) is 1. The van der Waals surface area contributed by atoms with Crippen LogP contribution in [0.4, 0.5) is 0 Å². The van der Waals surface area contributed by atoms with Gasteiger partial charge in [0.15, 0.2) is 9.84 Å². The van der Waals surface area contributed by atoms with Gasteiger partial charge in [0.1, 0.15) is 5.37 Å². The maximum absolute atomic E-state index is 10.9. The van der Waals surface area contributed by atoms with Crippen LogP contribution >= 0.6 is 0 Å². The summed E-state index contributed by atoms with van der Waals surface area (Å²) in [5.74, 6) is -1.93. The standard InChI is InChI=1S/C6H9NO5S/c1-13(11,12)5-2-4(8)7(5)3-6(9)10/h5H,2-3H2,1H3,(H,9,10)/p-1. The smallest absolute Gasteiger partial charge is 0.227 e. The van der Waals surface area contributed by atoms with Crippen LogP contribution in [0, 0.1) is 0 Å². The Balaban J connectivity index is 2.73. The van der Waals surface area contributed by atoms with Crippen molar-refractivity contribution in [3.05, 3.63) is 0 Å². The molecule has 0 N–H and O–H groups in total. The summed E-state index contributed by atoms with van der Waals surface area (Å²) in [5, 5.41) is 9.13. The highest BCUT2D eigenvalue weighted by Gasteiger charge is 2.42. The summed E-state index contributed by atoms with van der Waals surface area (Å²) in [5.41, 5.74) is 0. The number of likely N-dealkylation sites (tertiary alicyclic amines) is 1. The Morgan fingerprint density at radius 2 is 2.23 bits per heavy atom. The zero-order valence-corrected chi connectivity index (χ0v) is 7.70. The molecule has 7 heteroatoms. The van der Waals surface area contributed by atoms with E-state index in [1.165, 1.54) is 0 Å². The summed E-state index contributed by atoms with van der Waals surface area (Å²) >= 11 is 0. The SMILES string of the molecule is CS(=O)(=O)C1CC(=O)N1CC(=O)[O-]. The first-order valence-corrected chi connectivity index (χ1v) is 5.46. The zero-order valence-electron chi connectivity index (χ0n) is 6.89. The molecule has 1 rings (SSSR count). The van der Waals surface area contributed by atoms with Gasteiger partial charge in [-0.3, -0.25) is 4.79 Å². The number of hydrogen-bond donors (Lipinski definition) is 0. The quantitative estimate of drug-likeness (QED) is 0.470. The minimum absolute atomic E-state index is 0.133. The van der Waals surface area contributed by atoms with Crippen molar-refractivity contribution in [1.82, 2.24) is 4.90 Å². The second kappa shape index (κ2) is 2.99. The lowest BCUT2D eigenvalue weighted by Crippen LogP contribution is -2.59. The Morgan fingerprint density at radius 1 is 1.69 bits per heavy atom. The number of carboxylic acid groups (broad SMARTS) is 1. The molecule has 0 spiro atoms. The van der Waals surface area contributed by atoms with E-state index in [-0.39, 0.29) is 6.42 Å². The summed E-state index contributed by atoms with van der Waals surface area (Å²) in [6.45, 7) is -0.656. The molecular formula is C6H8NO5S-. The number of aliphatic carboxylic acids is 1. The van der Waals surface area contributed by atoms with Crippen LogP contribution in [0.2, 0.25) is 0 Å². The molecule has 0 saturated carbocycles. The van der Waals surface area contributed by atoms with E-state index in [1.807, 2.05) is 0 Å². The van der Waals surface area contributed by atoms with Crippen molar-refractivity contribution >= 4 is 21.7 Å². The second-order valence-corrected chi connectivity index (χ2v) is 5.09. The van der Waals surface area contributed by atoms with Crippen molar-refractivity contribution in [3.8, 4) is 0 Å². The number of β-lactam (4-membered cyclic amide) rings is 1. The molecule has 1 fully saturated rings. The third kappa shape index (κ3) is 1.97. The zero-order chi connectivity index (χ0) is 10.2. The van der Waals surface area contributed by atoms with Crippen molar-refractivity contribution < 1.29 is 23.1 Å². The molecule has 1 saturated heterocycles. The van der Waals surface area contributed by atoms with Crippen molar-refractivity contribution in [2.45, 2.75) is 11.8 Å². The van der Waals surface area contributed by atoms with Crippen molar-refractivity contribution in [2.24, 2.45) is 0 Å². The van der Waals surface area contributed by atoms with Crippen molar-refractivity contribution in [1.29, 1.82) is 0 Å². The van der Waals surface area contributed by atoms with Crippen LogP contribution < -0.4 is 5.11 Å². The maximum atomic E-state index is 10.9. The van der Waals surface area contributed by atoms with E-state index < -0.39 is 33.6 Å². The van der Waals surface area contributed by atoms with Crippen LogP contribution in [0.5, 0.6) is 0 Å². The van der Waals surface area contributed by atoms with Crippen molar-refractivity contribution in [2.75, 3.05) is 12.8 Å². The molecule has 74 valence electrons. The number of carbonyl (C=O) groups excluding carboxylic acids is 2. The van der Waals surface area contributed by atoms with E-state index >= 15 is 0 Å².